The van der Waals surface area contributed by atoms with Gasteiger partial charge in [0, 0.05) is 20.1 Å². The van der Waals surface area contributed by atoms with E-state index in [4.69, 9.17) is 16.0 Å². The van der Waals surface area contributed by atoms with Crippen LogP contribution in [-0.4, -0.2) is 34.5 Å². The normalized spacial score (nSPS) is 13.2. The van der Waals surface area contributed by atoms with Gasteiger partial charge in [0.1, 0.15) is 15.7 Å². The van der Waals surface area contributed by atoms with E-state index in [2.05, 4.69) is 20.3 Å². The lowest BCUT2D eigenvalue weighted by molar-refractivity contribution is 0.441. The highest BCUT2D eigenvalue weighted by molar-refractivity contribution is 14.0. The van der Waals surface area contributed by atoms with Crippen molar-refractivity contribution in [1.82, 2.24) is 15.4 Å². The van der Waals surface area contributed by atoms with Crippen LogP contribution >= 0.6 is 46.9 Å². The molecule has 0 aliphatic rings. The van der Waals surface area contributed by atoms with E-state index >= 15 is 0 Å². The van der Waals surface area contributed by atoms with Crippen LogP contribution in [0.3, 0.4) is 0 Å². The minimum absolute atomic E-state index is 0. The van der Waals surface area contributed by atoms with Gasteiger partial charge < -0.3 is 15.1 Å². The zero-order valence-corrected chi connectivity index (χ0v) is 19.3. The van der Waals surface area contributed by atoms with Gasteiger partial charge in [-0.3, -0.25) is 4.99 Å². The lowest BCUT2D eigenvalue weighted by atomic mass is 10.2. The highest BCUT2D eigenvalue weighted by Gasteiger charge is 2.16. The molecule has 0 saturated carbocycles. The van der Waals surface area contributed by atoms with Crippen molar-refractivity contribution in [3.63, 3.8) is 0 Å². The third-order valence-electron chi connectivity index (χ3n) is 3.29. The number of furan rings is 1. The molecule has 3 N–H and O–H groups in total. The number of rotatable bonds is 7. The summed E-state index contributed by atoms with van der Waals surface area (Å²) < 4.78 is 32.9. The molecule has 146 valence electrons. The Morgan fingerprint density at radius 2 is 2.04 bits per heavy atom. The summed E-state index contributed by atoms with van der Waals surface area (Å²) in [4.78, 5) is 4.12. The number of thiophene rings is 1. The summed E-state index contributed by atoms with van der Waals surface area (Å²) in [5.41, 5.74) is 0. The van der Waals surface area contributed by atoms with Crippen molar-refractivity contribution in [2.45, 2.75) is 24.1 Å². The minimum Gasteiger partial charge on any atom is -0.464 e. The Morgan fingerprint density at radius 3 is 2.58 bits per heavy atom. The summed E-state index contributed by atoms with van der Waals surface area (Å²) in [6.45, 7) is 4.43. The van der Waals surface area contributed by atoms with Crippen LogP contribution in [0.25, 0.3) is 0 Å². The van der Waals surface area contributed by atoms with Gasteiger partial charge >= 0.3 is 0 Å². The molecule has 2 aromatic rings. The molecule has 26 heavy (non-hydrogen) atoms. The topological polar surface area (TPSA) is 95.7 Å². The van der Waals surface area contributed by atoms with Gasteiger partial charge in [0.05, 0.1) is 10.4 Å². The monoisotopic (exact) mass is 532 g/mol. The summed E-state index contributed by atoms with van der Waals surface area (Å²) in [5, 5.41) is 6.24. The lowest BCUT2D eigenvalue weighted by Gasteiger charge is -2.16. The van der Waals surface area contributed by atoms with E-state index in [1.54, 1.807) is 13.1 Å². The molecular formula is C15H22ClIN4O3S2. The first-order valence-electron chi connectivity index (χ1n) is 7.60. The van der Waals surface area contributed by atoms with E-state index in [1.165, 1.54) is 6.07 Å². The highest BCUT2D eigenvalue weighted by Crippen LogP contribution is 2.25. The van der Waals surface area contributed by atoms with Crippen molar-refractivity contribution < 1.29 is 12.8 Å². The van der Waals surface area contributed by atoms with Gasteiger partial charge in [0.25, 0.3) is 0 Å². The third kappa shape index (κ3) is 6.72. The molecule has 0 spiro atoms. The molecule has 0 aliphatic heterocycles. The molecule has 11 heteroatoms. The molecule has 0 radical (unpaired) electrons. The van der Waals surface area contributed by atoms with E-state index in [0.29, 0.717) is 16.8 Å². The number of halogens is 2. The predicted octanol–water partition coefficient (Wildman–Crippen LogP) is 3.13. The Kier molecular flexibility index (Phi) is 9.38. The number of sulfonamides is 1. The van der Waals surface area contributed by atoms with Gasteiger partial charge in [-0.1, -0.05) is 11.6 Å². The first-order valence-corrected chi connectivity index (χ1v) is 10.3. The Balaban J connectivity index is 0.00000338. The molecule has 2 aromatic heterocycles. The zero-order valence-electron chi connectivity index (χ0n) is 14.6. The van der Waals surface area contributed by atoms with Crippen LogP contribution in [0, 0.1) is 6.92 Å². The Hall–Kier alpha value is -0.820. The number of guanidine groups is 1. The van der Waals surface area contributed by atoms with Crippen molar-refractivity contribution in [3.8, 4) is 0 Å². The molecule has 1 unspecified atom stereocenters. The van der Waals surface area contributed by atoms with Crippen molar-refractivity contribution in [2.75, 3.05) is 20.1 Å². The second-order valence-electron chi connectivity index (χ2n) is 5.27. The maximum Gasteiger partial charge on any atom is 0.250 e. The Labute approximate surface area is 179 Å². The smallest absolute Gasteiger partial charge is 0.250 e. The predicted molar refractivity (Wildman–Crippen MR) is 116 cm³/mol. The van der Waals surface area contributed by atoms with Crippen LogP contribution < -0.4 is 15.4 Å². The van der Waals surface area contributed by atoms with E-state index in [-0.39, 0.29) is 40.8 Å². The fourth-order valence-electron chi connectivity index (χ4n) is 2.04. The Bertz CT molecular complexity index is 836. The molecule has 1 atom stereocenters. The molecule has 0 aromatic carbocycles. The van der Waals surface area contributed by atoms with Crippen LogP contribution in [-0.2, 0) is 10.0 Å². The molecule has 2 rings (SSSR count). The van der Waals surface area contributed by atoms with Gasteiger partial charge in [0.2, 0.25) is 10.0 Å². The van der Waals surface area contributed by atoms with Crippen molar-refractivity contribution in [2.24, 2.45) is 4.99 Å². The fourth-order valence-corrected chi connectivity index (χ4v) is 4.60. The maximum absolute atomic E-state index is 12.1. The highest BCUT2D eigenvalue weighted by atomic mass is 127. The molecule has 0 fully saturated rings. The standard InChI is InChI=1S/C15H21ClN4O3S2.HI/c1-10-4-5-12(23-10)11(2)20-15(17-3)18-8-9-19-25(21,22)14-7-6-13(16)24-14;/h4-7,11,19H,8-9H2,1-3H3,(H2,17,18,20);1H. The van der Waals surface area contributed by atoms with Crippen LogP contribution in [0.15, 0.2) is 37.9 Å². The van der Waals surface area contributed by atoms with Crippen LogP contribution in [0.5, 0.6) is 0 Å². The molecule has 0 aliphatic carbocycles. The average molecular weight is 533 g/mol. The zero-order chi connectivity index (χ0) is 18.4. The van der Waals surface area contributed by atoms with E-state index in [0.717, 1.165) is 22.9 Å². The minimum atomic E-state index is -3.54. The van der Waals surface area contributed by atoms with Gasteiger partial charge in [-0.25, -0.2) is 13.1 Å². The number of aryl methyl sites for hydroxylation is 1. The molecule has 7 nitrogen and oxygen atoms in total. The summed E-state index contributed by atoms with van der Waals surface area (Å²) in [5.74, 6) is 2.20. The SMILES string of the molecule is CN=C(NCCNS(=O)(=O)c1ccc(Cl)s1)NC(C)c1ccc(C)o1.I. The number of hydrogen-bond donors (Lipinski definition) is 3. The lowest BCUT2D eigenvalue weighted by Crippen LogP contribution is -2.42. The van der Waals surface area contributed by atoms with Crippen LogP contribution in [0.1, 0.15) is 24.5 Å². The Morgan fingerprint density at radius 1 is 1.31 bits per heavy atom. The van der Waals surface area contributed by atoms with Gasteiger partial charge in [-0.05, 0) is 38.1 Å². The number of nitrogens with zero attached hydrogens (tertiary/aromatic N) is 1. The largest absolute Gasteiger partial charge is 0.464 e. The van der Waals surface area contributed by atoms with Crippen molar-refractivity contribution >= 4 is 62.9 Å². The second kappa shape index (κ2) is 10.5. The molecule has 2 heterocycles. The van der Waals surface area contributed by atoms with Crippen LogP contribution in [0.4, 0.5) is 0 Å². The summed E-state index contributed by atoms with van der Waals surface area (Å²) >= 11 is 6.79. The van der Waals surface area contributed by atoms with Gasteiger partial charge in [-0.15, -0.1) is 35.3 Å². The van der Waals surface area contributed by atoms with E-state index in [1.807, 2.05) is 26.0 Å². The van der Waals surface area contributed by atoms with Gasteiger partial charge in [0.15, 0.2) is 5.96 Å². The first kappa shape index (κ1) is 23.2. The van der Waals surface area contributed by atoms with E-state index in [9.17, 15) is 8.42 Å². The summed E-state index contributed by atoms with van der Waals surface area (Å²) in [6.07, 6.45) is 0. The quantitative estimate of drug-likeness (QED) is 0.220. The third-order valence-corrected chi connectivity index (χ3v) is 6.47. The fraction of sp³-hybridized carbons (Fsp3) is 0.400. The van der Waals surface area contributed by atoms with Crippen LogP contribution in [0.2, 0.25) is 4.34 Å². The summed E-state index contributed by atoms with van der Waals surface area (Å²) in [6, 6.07) is 6.78. The molecule has 0 bridgehead atoms. The molecule has 0 saturated heterocycles. The van der Waals surface area contributed by atoms with Crippen molar-refractivity contribution in [1.29, 1.82) is 0 Å². The number of aliphatic imine (C=N–C) groups is 1. The van der Waals surface area contributed by atoms with E-state index < -0.39 is 10.0 Å². The first-order chi connectivity index (χ1) is 11.8. The second-order valence-corrected chi connectivity index (χ2v) is 8.98. The number of nitrogens with one attached hydrogen (secondary N) is 3. The summed E-state index contributed by atoms with van der Waals surface area (Å²) in [7, 11) is -1.89. The maximum atomic E-state index is 12.1. The molecule has 0 amide bonds. The number of hydrogen-bond acceptors (Lipinski definition) is 5. The van der Waals surface area contributed by atoms with Crippen molar-refractivity contribution in [3.05, 3.63) is 40.1 Å². The molecular weight excluding hydrogens is 511 g/mol. The average Bonchev–Trinajstić information content (AvgIpc) is 3.19. The van der Waals surface area contributed by atoms with Gasteiger partial charge in [-0.2, -0.15) is 0 Å².